The van der Waals surface area contributed by atoms with E-state index in [1.54, 1.807) is 18.2 Å². The molecule has 7 heteroatoms. The predicted molar refractivity (Wildman–Crippen MR) is 90.6 cm³/mol. The van der Waals surface area contributed by atoms with Crippen LogP contribution >= 0.6 is 31.9 Å². The van der Waals surface area contributed by atoms with Crippen molar-refractivity contribution in [3.63, 3.8) is 0 Å². The Morgan fingerprint density at radius 1 is 1.19 bits per heavy atom. The van der Waals surface area contributed by atoms with E-state index >= 15 is 0 Å². The second-order valence-corrected chi connectivity index (χ2v) is 6.08. The molecule has 0 unspecified atom stereocenters. The fourth-order valence-electron chi connectivity index (χ4n) is 1.58. The summed E-state index contributed by atoms with van der Waals surface area (Å²) >= 11 is 6.76. The summed E-state index contributed by atoms with van der Waals surface area (Å²) in [6.45, 7) is 2.89. The van der Waals surface area contributed by atoms with Crippen molar-refractivity contribution >= 4 is 49.3 Å². The number of amides is 1. The highest BCUT2D eigenvalue weighted by Gasteiger charge is 2.10. The van der Waals surface area contributed by atoms with Gasteiger partial charge in [-0.25, -0.2) is 0 Å². The second kappa shape index (κ2) is 7.51. The highest BCUT2D eigenvalue weighted by Crippen LogP contribution is 2.26. The van der Waals surface area contributed by atoms with Gasteiger partial charge in [0.2, 0.25) is 0 Å². The maximum atomic E-state index is 12.1. The molecule has 21 heavy (non-hydrogen) atoms. The Morgan fingerprint density at radius 3 is 2.62 bits per heavy atom. The van der Waals surface area contributed by atoms with Crippen LogP contribution in [0.15, 0.2) is 39.3 Å². The van der Waals surface area contributed by atoms with Gasteiger partial charge >= 0.3 is 0 Å². The van der Waals surface area contributed by atoms with Crippen molar-refractivity contribution in [1.82, 2.24) is 10.2 Å². The lowest BCUT2D eigenvalue weighted by molar-refractivity contribution is 0.102. The molecule has 1 aromatic carbocycles. The average Bonchev–Trinajstić information content (AvgIpc) is 2.48. The molecule has 110 valence electrons. The molecular formula is C14H14Br2N4O. The summed E-state index contributed by atoms with van der Waals surface area (Å²) in [6.07, 6.45) is 1.00. The Hall–Kier alpha value is -1.47. The summed E-state index contributed by atoms with van der Waals surface area (Å²) in [5.41, 5.74) is 0.949. The van der Waals surface area contributed by atoms with Gasteiger partial charge in [-0.15, -0.1) is 10.2 Å². The third kappa shape index (κ3) is 4.50. The Balaban J connectivity index is 2.06. The van der Waals surface area contributed by atoms with Crippen LogP contribution in [-0.4, -0.2) is 22.6 Å². The maximum Gasteiger partial charge on any atom is 0.276 e. The van der Waals surface area contributed by atoms with E-state index in [1.165, 1.54) is 0 Å². The summed E-state index contributed by atoms with van der Waals surface area (Å²) in [5, 5.41) is 13.8. The summed E-state index contributed by atoms with van der Waals surface area (Å²) in [7, 11) is 0. The number of benzene rings is 1. The zero-order chi connectivity index (χ0) is 15.2. The molecule has 0 aliphatic heterocycles. The molecule has 5 nitrogen and oxygen atoms in total. The summed E-state index contributed by atoms with van der Waals surface area (Å²) < 4.78 is 1.72. The third-order valence-electron chi connectivity index (χ3n) is 2.63. The van der Waals surface area contributed by atoms with Crippen LogP contribution < -0.4 is 10.6 Å². The number of nitrogens with one attached hydrogen (secondary N) is 2. The van der Waals surface area contributed by atoms with Crippen LogP contribution in [0.25, 0.3) is 0 Å². The van der Waals surface area contributed by atoms with Gasteiger partial charge in [0.25, 0.3) is 5.91 Å². The number of anilines is 2. The third-order valence-corrected chi connectivity index (χ3v) is 3.78. The largest absolute Gasteiger partial charge is 0.369 e. The molecule has 0 atom stereocenters. The first kappa shape index (κ1) is 15.9. The number of hydrogen-bond acceptors (Lipinski definition) is 4. The molecule has 1 aromatic heterocycles. The molecule has 0 radical (unpaired) electrons. The van der Waals surface area contributed by atoms with Gasteiger partial charge in [0.15, 0.2) is 5.69 Å². The van der Waals surface area contributed by atoms with Crippen molar-refractivity contribution in [2.75, 3.05) is 17.2 Å². The highest BCUT2D eigenvalue weighted by molar-refractivity contribution is 9.11. The van der Waals surface area contributed by atoms with Crippen molar-refractivity contribution < 1.29 is 4.79 Å². The number of halogens is 2. The van der Waals surface area contributed by atoms with E-state index in [4.69, 9.17) is 0 Å². The highest BCUT2D eigenvalue weighted by atomic mass is 79.9. The molecule has 0 saturated heterocycles. The molecule has 0 bridgehead atoms. The van der Waals surface area contributed by atoms with Crippen LogP contribution in [0.2, 0.25) is 0 Å². The summed E-state index contributed by atoms with van der Waals surface area (Å²) in [5.74, 6) is 0.366. The van der Waals surface area contributed by atoms with E-state index in [0.717, 1.165) is 21.9 Å². The quantitative estimate of drug-likeness (QED) is 0.774. The standard InChI is InChI=1S/C14H14Br2N4O/c1-2-7-17-13-6-5-12(19-20-13)14(21)18-11-4-3-9(15)8-10(11)16/h3-6,8H,2,7H2,1H3,(H,17,20)(H,18,21). The first-order valence-electron chi connectivity index (χ1n) is 6.44. The van der Waals surface area contributed by atoms with Gasteiger partial charge in [0.05, 0.1) is 5.69 Å². The Morgan fingerprint density at radius 2 is 2.00 bits per heavy atom. The fourth-order valence-corrected chi connectivity index (χ4v) is 2.72. The minimum atomic E-state index is -0.299. The number of carbonyl (C=O) groups is 1. The van der Waals surface area contributed by atoms with E-state index in [-0.39, 0.29) is 11.6 Å². The zero-order valence-corrected chi connectivity index (χ0v) is 14.5. The molecule has 1 heterocycles. The summed E-state index contributed by atoms with van der Waals surface area (Å²) in [4.78, 5) is 12.1. The molecule has 2 aromatic rings. The topological polar surface area (TPSA) is 66.9 Å². The normalized spacial score (nSPS) is 10.2. The molecule has 2 rings (SSSR count). The first-order chi connectivity index (χ1) is 10.1. The van der Waals surface area contributed by atoms with Crippen LogP contribution in [0.1, 0.15) is 23.8 Å². The maximum absolute atomic E-state index is 12.1. The van der Waals surface area contributed by atoms with Gasteiger partial charge in [-0.1, -0.05) is 22.9 Å². The predicted octanol–water partition coefficient (Wildman–Crippen LogP) is 4.08. The fraction of sp³-hybridized carbons (Fsp3) is 0.214. The Bertz CT molecular complexity index is 631. The van der Waals surface area contributed by atoms with Crippen molar-refractivity contribution in [2.45, 2.75) is 13.3 Å². The van der Waals surface area contributed by atoms with Crippen LogP contribution in [0, 0.1) is 0 Å². The van der Waals surface area contributed by atoms with Crippen LogP contribution in [0.5, 0.6) is 0 Å². The van der Waals surface area contributed by atoms with E-state index in [1.807, 2.05) is 12.1 Å². The molecule has 1 amide bonds. The molecule has 0 aliphatic rings. The second-order valence-electron chi connectivity index (χ2n) is 4.31. The molecule has 0 spiro atoms. The summed E-state index contributed by atoms with van der Waals surface area (Å²) in [6, 6.07) is 8.90. The lowest BCUT2D eigenvalue weighted by Gasteiger charge is -2.07. The van der Waals surface area contributed by atoms with Crippen LogP contribution in [-0.2, 0) is 0 Å². The molecule has 0 fully saturated rings. The lowest BCUT2D eigenvalue weighted by Crippen LogP contribution is -2.15. The number of carbonyl (C=O) groups excluding carboxylic acids is 1. The monoisotopic (exact) mass is 412 g/mol. The number of aromatic nitrogens is 2. The van der Waals surface area contributed by atoms with Gasteiger partial charge in [-0.2, -0.15) is 0 Å². The lowest BCUT2D eigenvalue weighted by atomic mass is 10.3. The molecular weight excluding hydrogens is 400 g/mol. The average molecular weight is 414 g/mol. The van der Waals surface area contributed by atoms with Crippen molar-refractivity contribution in [3.05, 3.63) is 45.0 Å². The molecule has 0 aliphatic carbocycles. The molecule has 0 saturated carbocycles. The number of hydrogen-bond donors (Lipinski definition) is 2. The first-order valence-corrected chi connectivity index (χ1v) is 8.02. The van der Waals surface area contributed by atoms with Crippen LogP contribution in [0.4, 0.5) is 11.5 Å². The van der Waals surface area contributed by atoms with Crippen molar-refractivity contribution in [3.8, 4) is 0 Å². The van der Waals surface area contributed by atoms with Gasteiger partial charge in [0, 0.05) is 15.5 Å². The SMILES string of the molecule is CCCNc1ccc(C(=O)Nc2ccc(Br)cc2Br)nn1. The van der Waals surface area contributed by atoms with E-state index in [0.29, 0.717) is 11.5 Å². The van der Waals surface area contributed by atoms with E-state index in [9.17, 15) is 4.79 Å². The van der Waals surface area contributed by atoms with Gasteiger partial charge < -0.3 is 10.6 Å². The minimum absolute atomic E-state index is 0.270. The van der Waals surface area contributed by atoms with E-state index < -0.39 is 0 Å². The number of nitrogens with zero attached hydrogens (tertiary/aromatic N) is 2. The zero-order valence-electron chi connectivity index (χ0n) is 11.4. The van der Waals surface area contributed by atoms with Gasteiger partial charge in [-0.3, -0.25) is 4.79 Å². The smallest absolute Gasteiger partial charge is 0.276 e. The Labute approximate surface area is 139 Å². The van der Waals surface area contributed by atoms with E-state index in [2.05, 4.69) is 59.6 Å². The molecule has 2 N–H and O–H groups in total. The van der Waals surface area contributed by atoms with Crippen molar-refractivity contribution in [2.24, 2.45) is 0 Å². The Kier molecular flexibility index (Phi) is 5.69. The minimum Gasteiger partial charge on any atom is -0.369 e. The van der Waals surface area contributed by atoms with Crippen molar-refractivity contribution in [1.29, 1.82) is 0 Å². The number of rotatable bonds is 5. The van der Waals surface area contributed by atoms with Gasteiger partial charge in [-0.05, 0) is 52.7 Å². The van der Waals surface area contributed by atoms with Gasteiger partial charge in [0.1, 0.15) is 5.82 Å². The van der Waals surface area contributed by atoms with Crippen LogP contribution in [0.3, 0.4) is 0 Å².